The maximum Gasteiger partial charge on any atom is 0.228 e. The van der Waals surface area contributed by atoms with Crippen LogP contribution >= 0.6 is 11.6 Å². The van der Waals surface area contributed by atoms with Gasteiger partial charge in [-0.2, -0.15) is 0 Å². The number of nitrogens with one attached hydrogen (secondary N) is 1. The lowest BCUT2D eigenvalue weighted by Gasteiger charge is -2.29. The zero-order valence-electron chi connectivity index (χ0n) is 15.9. The van der Waals surface area contributed by atoms with Gasteiger partial charge in [-0.15, -0.1) is 0 Å². The first-order valence-electron chi connectivity index (χ1n) is 9.55. The molecule has 2 N–H and O–H groups in total. The van der Waals surface area contributed by atoms with Gasteiger partial charge in [-0.25, -0.2) is 4.98 Å². The van der Waals surface area contributed by atoms with E-state index in [1.807, 2.05) is 60.7 Å². The van der Waals surface area contributed by atoms with Crippen molar-refractivity contribution < 1.29 is 9.84 Å². The number of hydrogen-bond acceptors (Lipinski definition) is 4. The molecular weight excluding hydrogens is 398 g/mol. The molecule has 0 saturated heterocycles. The van der Waals surface area contributed by atoms with Crippen molar-refractivity contribution in [2.24, 2.45) is 0 Å². The number of aromatic hydroxyl groups is 1. The Morgan fingerprint density at radius 1 is 1.00 bits per heavy atom. The van der Waals surface area contributed by atoms with E-state index >= 15 is 0 Å². The minimum absolute atomic E-state index is 0.108. The lowest BCUT2D eigenvalue weighted by Crippen LogP contribution is -2.30. The smallest absolute Gasteiger partial charge is 0.228 e. The number of benzene rings is 3. The number of nitrogens with zero attached hydrogens (tertiary/aromatic N) is 2. The summed E-state index contributed by atoms with van der Waals surface area (Å²) < 4.78 is 7.79. The summed E-state index contributed by atoms with van der Waals surface area (Å²) in [5.74, 6) is 0.644. The van der Waals surface area contributed by atoms with Gasteiger partial charge in [-0.3, -0.25) is 5.41 Å². The third-order valence-electron chi connectivity index (χ3n) is 5.30. The summed E-state index contributed by atoms with van der Waals surface area (Å²) >= 11 is 6.57. The first-order valence-corrected chi connectivity index (χ1v) is 9.92. The summed E-state index contributed by atoms with van der Waals surface area (Å²) in [6, 6.07) is 22.6. The molecule has 0 aliphatic carbocycles. The standard InChI is InChI=1S/C24H18ClN3O2/c25-19-9-5-4-8-17(19)21-18-11-10-16(29)12-20(18)30-24-22(21)23(26)28(14-27-24)13-15-6-2-1-3-7-15/h1-12,14,21,26,29H,13H2/t21-/m1/s1. The Morgan fingerprint density at radius 2 is 1.77 bits per heavy atom. The number of phenols is 1. The molecule has 0 fully saturated rings. The Bertz CT molecular complexity index is 1300. The van der Waals surface area contributed by atoms with Crippen LogP contribution in [0.15, 0.2) is 79.1 Å². The van der Waals surface area contributed by atoms with Gasteiger partial charge in [0.05, 0.1) is 12.1 Å². The summed E-state index contributed by atoms with van der Waals surface area (Å²) in [6.45, 7) is 0.525. The Kier molecular flexibility index (Phi) is 4.52. The average molecular weight is 416 g/mol. The lowest BCUT2D eigenvalue weighted by atomic mass is 9.84. The van der Waals surface area contributed by atoms with E-state index in [1.165, 1.54) is 0 Å². The van der Waals surface area contributed by atoms with Gasteiger partial charge < -0.3 is 14.4 Å². The zero-order valence-corrected chi connectivity index (χ0v) is 16.7. The van der Waals surface area contributed by atoms with E-state index in [4.69, 9.17) is 21.7 Å². The van der Waals surface area contributed by atoms with Crippen molar-refractivity contribution in [2.75, 3.05) is 0 Å². The summed E-state index contributed by atoms with van der Waals surface area (Å²) in [5.41, 5.74) is 3.74. The van der Waals surface area contributed by atoms with Crippen LogP contribution in [0.2, 0.25) is 5.02 Å². The van der Waals surface area contributed by atoms with Crippen LogP contribution in [-0.4, -0.2) is 14.7 Å². The van der Waals surface area contributed by atoms with E-state index < -0.39 is 0 Å². The topological polar surface area (TPSA) is 71.1 Å². The van der Waals surface area contributed by atoms with E-state index in [0.29, 0.717) is 34.2 Å². The second-order valence-corrected chi connectivity index (χ2v) is 7.61. The van der Waals surface area contributed by atoms with Gasteiger partial charge in [0.2, 0.25) is 5.88 Å². The Morgan fingerprint density at radius 3 is 2.57 bits per heavy atom. The molecule has 30 heavy (non-hydrogen) atoms. The van der Waals surface area contributed by atoms with Crippen molar-refractivity contribution in [1.29, 1.82) is 5.41 Å². The molecule has 0 radical (unpaired) electrons. The number of aromatic nitrogens is 2. The minimum Gasteiger partial charge on any atom is -0.508 e. The van der Waals surface area contributed by atoms with Crippen LogP contribution in [0.4, 0.5) is 0 Å². The molecule has 0 spiro atoms. The van der Waals surface area contributed by atoms with Crippen LogP contribution in [0.3, 0.4) is 0 Å². The van der Waals surface area contributed by atoms with Gasteiger partial charge in [-0.1, -0.05) is 66.2 Å². The largest absolute Gasteiger partial charge is 0.508 e. The third kappa shape index (κ3) is 3.13. The number of rotatable bonds is 3. The van der Waals surface area contributed by atoms with Crippen LogP contribution in [0.1, 0.15) is 28.2 Å². The number of fused-ring (bicyclic) bond motifs is 2. The fraction of sp³-hybridized carbons (Fsp3) is 0.0833. The number of ether oxygens (including phenoxy) is 1. The molecule has 0 amide bonds. The molecule has 1 atom stereocenters. The number of phenolic OH excluding ortho intramolecular Hbond substituents is 1. The molecule has 0 unspecified atom stereocenters. The molecule has 1 aliphatic rings. The summed E-state index contributed by atoms with van der Waals surface area (Å²) in [4.78, 5) is 4.51. The van der Waals surface area contributed by atoms with Gasteiger partial charge in [0.25, 0.3) is 0 Å². The molecule has 4 aromatic rings. The fourth-order valence-electron chi connectivity index (χ4n) is 3.89. The van der Waals surface area contributed by atoms with Crippen molar-refractivity contribution in [1.82, 2.24) is 9.55 Å². The monoisotopic (exact) mass is 415 g/mol. The average Bonchev–Trinajstić information content (AvgIpc) is 2.75. The Hall–Kier alpha value is -3.57. The molecule has 5 nitrogen and oxygen atoms in total. The predicted octanol–water partition coefficient (Wildman–Crippen LogP) is 5.06. The molecule has 148 valence electrons. The highest BCUT2D eigenvalue weighted by atomic mass is 35.5. The highest BCUT2D eigenvalue weighted by Crippen LogP contribution is 2.47. The van der Waals surface area contributed by atoms with Crippen LogP contribution in [0, 0.1) is 5.41 Å². The Labute approximate surface area is 178 Å². The zero-order chi connectivity index (χ0) is 20.7. The molecular formula is C24H18ClN3O2. The molecule has 6 heteroatoms. The molecule has 0 saturated carbocycles. The van der Waals surface area contributed by atoms with Gasteiger partial charge in [0.15, 0.2) is 0 Å². The van der Waals surface area contributed by atoms with E-state index in [9.17, 15) is 5.11 Å². The SMILES string of the molecule is N=c1c2c(ncn1Cc1ccccc1)Oc1cc(O)ccc1[C@H]2c1ccccc1Cl. The van der Waals surface area contributed by atoms with Gasteiger partial charge in [0, 0.05) is 22.6 Å². The molecule has 2 heterocycles. The van der Waals surface area contributed by atoms with E-state index in [1.54, 1.807) is 23.0 Å². The van der Waals surface area contributed by atoms with Crippen LogP contribution in [0.5, 0.6) is 17.4 Å². The highest BCUT2D eigenvalue weighted by molar-refractivity contribution is 6.31. The molecule has 3 aromatic carbocycles. The Balaban J connectivity index is 1.72. The van der Waals surface area contributed by atoms with E-state index in [-0.39, 0.29) is 11.7 Å². The van der Waals surface area contributed by atoms with Gasteiger partial charge >= 0.3 is 0 Å². The second kappa shape index (κ2) is 7.35. The third-order valence-corrected chi connectivity index (χ3v) is 5.65. The normalized spacial score (nSPS) is 14.5. The maximum atomic E-state index is 9.94. The van der Waals surface area contributed by atoms with E-state index in [0.717, 1.165) is 16.7 Å². The molecule has 1 aromatic heterocycles. The molecule has 5 rings (SSSR count). The minimum atomic E-state index is -0.332. The first kappa shape index (κ1) is 18.5. The van der Waals surface area contributed by atoms with Crippen LogP contribution in [-0.2, 0) is 6.54 Å². The van der Waals surface area contributed by atoms with Crippen LogP contribution < -0.4 is 10.2 Å². The van der Waals surface area contributed by atoms with Crippen molar-refractivity contribution >= 4 is 11.6 Å². The first-order chi connectivity index (χ1) is 14.6. The summed E-state index contributed by atoms with van der Waals surface area (Å²) in [5, 5.41) is 19.5. The second-order valence-electron chi connectivity index (χ2n) is 7.20. The molecule has 1 aliphatic heterocycles. The van der Waals surface area contributed by atoms with E-state index in [2.05, 4.69) is 4.98 Å². The number of halogens is 1. The predicted molar refractivity (Wildman–Crippen MR) is 114 cm³/mol. The lowest BCUT2D eigenvalue weighted by molar-refractivity contribution is 0.415. The van der Waals surface area contributed by atoms with Crippen molar-refractivity contribution in [3.63, 3.8) is 0 Å². The maximum absolute atomic E-state index is 9.94. The quantitative estimate of drug-likeness (QED) is 0.433. The van der Waals surface area contributed by atoms with Gasteiger partial charge in [-0.05, 0) is 23.3 Å². The number of hydrogen-bond donors (Lipinski definition) is 2. The summed E-state index contributed by atoms with van der Waals surface area (Å²) in [7, 11) is 0. The van der Waals surface area contributed by atoms with Crippen LogP contribution in [0.25, 0.3) is 0 Å². The van der Waals surface area contributed by atoms with Crippen molar-refractivity contribution in [2.45, 2.75) is 12.5 Å². The highest BCUT2D eigenvalue weighted by Gasteiger charge is 2.33. The van der Waals surface area contributed by atoms with Gasteiger partial charge in [0.1, 0.15) is 23.3 Å². The van der Waals surface area contributed by atoms with Crippen molar-refractivity contribution in [3.05, 3.63) is 112 Å². The van der Waals surface area contributed by atoms with Crippen molar-refractivity contribution in [3.8, 4) is 17.4 Å². The molecule has 0 bridgehead atoms. The fourth-order valence-corrected chi connectivity index (χ4v) is 4.13. The summed E-state index contributed by atoms with van der Waals surface area (Å²) in [6.07, 6.45) is 1.62.